The van der Waals surface area contributed by atoms with E-state index in [4.69, 9.17) is 11.2 Å². The summed E-state index contributed by atoms with van der Waals surface area (Å²) in [6.45, 7) is 6.22. The van der Waals surface area contributed by atoms with Gasteiger partial charge < -0.3 is 10.1 Å². The van der Waals surface area contributed by atoms with E-state index in [1.165, 1.54) is 0 Å². The predicted molar refractivity (Wildman–Crippen MR) is 54.5 cm³/mol. The Morgan fingerprint density at radius 2 is 2.46 bits per heavy atom. The third-order valence-corrected chi connectivity index (χ3v) is 2.91. The van der Waals surface area contributed by atoms with Crippen LogP contribution in [0.4, 0.5) is 0 Å². The van der Waals surface area contributed by atoms with Gasteiger partial charge >= 0.3 is 0 Å². The molecule has 0 amide bonds. The molecule has 0 bridgehead atoms. The van der Waals surface area contributed by atoms with Crippen LogP contribution in [0.5, 0.6) is 0 Å². The third kappa shape index (κ3) is 2.72. The Morgan fingerprint density at radius 1 is 1.69 bits per heavy atom. The fourth-order valence-corrected chi connectivity index (χ4v) is 1.63. The molecule has 0 radical (unpaired) electrons. The lowest BCUT2D eigenvalue weighted by Gasteiger charge is -2.28. The average Bonchev–Trinajstić information content (AvgIpc) is 2.42. The second-order valence-electron chi connectivity index (χ2n) is 3.91. The maximum Gasteiger partial charge on any atom is 0.0726 e. The zero-order valence-electron chi connectivity index (χ0n) is 8.60. The molecular formula is C11H19NO. The summed E-state index contributed by atoms with van der Waals surface area (Å²) in [6.07, 6.45) is 8.51. The van der Waals surface area contributed by atoms with Crippen molar-refractivity contribution in [2.24, 2.45) is 0 Å². The fourth-order valence-electron chi connectivity index (χ4n) is 1.63. The lowest BCUT2D eigenvalue weighted by Crippen LogP contribution is -2.48. The summed E-state index contributed by atoms with van der Waals surface area (Å²) in [5.41, 5.74) is 0.161. The van der Waals surface area contributed by atoms with Gasteiger partial charge in [0.05, 0.1) is 6.10 Å². The van der Waals surface area contributed by atoms with E-state index >= 15 is 0 Å². The van der Waals surface area contributed by atoms with E-state index in [1.54, 1.807) is 0 Å². The highest BCUT2D eigenvalue weighted by molar-refractivity contribution is 4.93. The van der Waals surface area contributed by atoms with Crippen molar-refractivity contribution in [3.63, 3.8) is 0 Å². The maximum atomic E-state index is 5.52. The minimum atomic E-state index is 0.161. The summed E-state index contributed by atoms with van der Waals surface area (Å²) >= 11 is 0. The second-order valence-corrected chi connectivity index (χ2v) is 3.91. The Kier molecular flexibility index (Phi) is 3.77. The molecule has 2 heteroatoms. The van der Waals surface area contributed by atoms with E-state index in [9.17, 15) is 0 Å². The van der Waals surface area contributed by atoms with Crippen molar-refractivity contribution in [2.75, 3.05) is 13.2 Å². The zero-order chi connectivity index (χ0) is 9.73. The highest BCUT2D eigenvalue weighted by Crippen LogP contribution is 2.24. The highest BCUT2D eigenvalue weighted by atomic mass is 16.5. The van der Waals surface area contributed by atoms with Crippen LogP contribution in [0.1, 0.15) is 33.1 Å². The first-order valence-electron chi connectivity index (χ1n) is 4.99. The van der Waals surface area contributed by atoms with Crippen molar-refractivity contribution in [3.05, 3.63) is 0 Å². The van der Waals surface area contributed by atoms with Crippen molar-refractivity contribution >= 4 is 0 Å². The third-order valence-electron chi connectivity index (χ3n) is 2.91. The first-order valence-corrected chi connectivity index (χ1v) is 4.99. The minimum absolute atomic E-state index is 0.161. The van der Waals surface area contributed by atoms with Crippen LogP contribution in [0.3, 0.4) is 0 Å². The molecule has 1 aliphatic rings. The Balaban J connectivity index is 2.23. The molecule has 0 spiro atoms. The van der Waals surface area contributed by atoms with Gasteiger partial charge in [-0.1, -0.05) is 0 Å². The van der Waals surface area contributed by atoms with Crippen LogP contribution in [-0.2, 0) is 4.74 Å². The van der Waals surface area contributed by atoms with Gasteiger partial charge in [-0.15, -0.1) is 12.3 Å². The fraction of sp³-hybridized carbons (Fsp3) is 0.818. The highest BCUT2D eigenvalue weighted by Gasteiger charge is 2.35. The van der Waals surface area contributed by atoms with Gasteiger partial charge in [0.2, 0.25) is 0 Å². The van der Waals surface area contributed by atoms with Crippen molar-refractivity contribution in [2.45, 2.75) is 44.8 Å². The molecular weight excluding hydrogens is 162 g/mol. The molecule has 2 unspecified atom stereocenters. The lowest BCUT2D eigenvalue weighted by atomic mass is 9.94. The summed E-state index contributed by atoms with van der Waals surface area (Å²) in [4.78, 5) is 0. The normalized spacial score (nSPS) is 33.2. The van der Waals surface area contributed by atoms with Crippen LogP contribution >= 0.6 is 0 Å². The van der Waals surface area contributed by atoms with Crippen molar-refractivity contribution in [1.82, 2.24) is 5.32 Å². The van der Waals surface area contributed by atoms with Crippen LogP contribution in [0.2, 0.25) is 0 Å². The molecule has 0 aromatic rings. The van der Waals surface area contributed by atoms with Crippen LogP contribution in [0.15, 0.2) is 0 Å². The number of ether oxygens (including phenoxy) is 1. The molecule has 1 rings (SSSR count). The molecule has 0 aromatic heterocycles. The molecule has 13 heavy (non-hydrogen) atoms. The van der Waals surface area contributed by atoms with Gasteiger partial charge in [-0.05, 0) is 33.2 Å². The first kappa shape index (κ1) is 10.6. The maximum absolute atomic E-state index is 5.52. The topological polar surface area (TPSA) is 21.3 Å². The van der Waals surface area contributed by atoms with Gasteiger partial charge in [-0.25, -0.2) is 0 Å². The number of hydrogen-bond donors (Lipinski definition) is 1. The molecule has 1 fully saturated rings. The summed E-state index contributed by atoms with van der Waals surface area (Å²) < 4.78 is 5.52. The lowest BCUT2D eigenvalue weighted by molar-refractivity contribution is 0.0888. The summed E-state index contributed by atoms with van der Waals surface area (Å²) in [5.74, 6) is 2.65. The molecule has 0 saturated carbocycles. The quantitative estimate of drug-likeness (QED) is 0.525. The SMILES string of the molecule is C#CCCCNC1(C)CCOC1C. The molecule has 2 nitrogen and oxygen atoms in total. The van der Waals surface area contributed by atoms with E-state index in [-0.39, 0.29) is 5.54 Å². The summed E-state index contributed by atoms with van der Waals surface area (Å²) in [5, 5.41) is 3.52. The minimum Gasteiger partial charge on any atom is -0.377 e. The summed E-state index contributed by atoms with van der Waals surface area (Å²) in [6, 6.07) is 0. The molecule has 1 saturated heterocycles. The van der Waals surface area contributed by atoms with E-state index in [0.29, 0.717) is 6.10 Å². The van der Waals surface area contributed by atoms with E-state index in [2.05, 4.69) is 25.1 Å². The average molecular weight is 181 g/mol. The number of terminal acetylenes is 1. The van der Waals surface area contributed by atoms with Gasteiger partial charge in [-0.3, -0.25) is 0 Å². The molecule has 1 N–H and O–H groups in total. The van der Waals surface area contributed by atoms with E-state index in [0.717, 1.165) is 32.4 Å². The number of nitrogens with one attached hydrogen (secondary N) is 1. The Bertz CT molecular complexity index is 197. The van der Waals surface area contributed by atoms with Gasteiger partial charge in [0.1, 0.15) is 0 Å². The van der Waals surface area contributed by atoms with Crippen molar-refractivity contribution in [1.29, 1.82) is 0 Å². The molecule has 1 heterocycles. The molecule has 1 aliphatic heterocycles. The Labute approximate surface area is 81.0 Å². The Hall–Kier alpha value is -0.520. The Morgan fingerprint density at radius 3 is 3.00 bits per heavy atom. The van der Waals surface area contributed by atoms with Gasteiger partial charge in [-0.2, -0.15) is 0 Å². The van der Waals surface area contributed by atoms with E-state index in [1.807, 2.05) is 0 Å². The smallest absolute Gasteiger partial charge is 0.0726 e. The van der Waals surface area contributed by atoms with Crippen LogP contribution in [0.25, 0.3) is 0 Å². The molecule has 0 aromatic carbocycles. The molecule has 2 atom stereocenters. The number of unbranched alkanes of at least 4 members (excludes halogenated alkanes) is 1. The van der Waals surface area contributed by atoms with Gasteiger partial charge in [0, 0.05) is 18.6 Å². The van der Waals surface area contributed by atoms with E-state index < -0.39 is 0 Å². The predicted octanol–water partition coefficient (Wildman–Crippen LogP) is 1.56. The standard InChI is InChI=1S/C11H19NO/c1-4-5-6-8-12-11(3)7-9-13-10(11)2/h1,10,12H,5-9H2,2-3H3. The second kappa shape index (κ2) is 4.64. The monoisotopic (exact) mass is 181 g/mol. The molecule has 0 aliphatic carbocycles. The van der Waals surface area contributed by atoms with Crippen LogP contribution in [0, 0.1) is 12.3 Å². The van der Waals surface area contributed by atoms with Crippen molar-refractivity contribution < 1.29 is 4.74 Å². The van der Waals surface area contributed by atoms with Gasteiger partial charge in [0.25, 0.3) is 0 Å². The molecule has 74 valence electrons. The van der Waals surface area contributed by atoms with Crippen molar-refractivity contribution in [3.8, 4) is 12.3 Å². The van der Waals surface area contributed by atoms with Crippen LogP contribution < -0.4 is 5.32 Å². The zero-order valence-corrected chi connectivity index (χ0v) is 8.60. The number of hydrogen-bond acceptors (Lipinski definition) is 2. The summed E-state index contributed by atoms with van der Waals surface area (Å²) in [7, 11) is 0. The van der Waals surface area contributed by atoms with Gasteiger partial charge in [0.15, 0.2) is 0 Å². The number of rotatable bonds is 4. The first-order chi connectivity index (χ1) is 6.19. The largest absolute Gasteiger partial charge is 0.377 e. The van der Waals surface area contributed by atoms with Crippen LogP contribution in [-0.4, -0.2) is 24.8 Å².